The molecule has 0 spiro atoms. The Kier molecular flexibility index (Phi) is 6.39. The van der Waals surface area contributed by atoms with Crippen LogP contribution in [0.15, 0.2) is 30.3 Å². The van der Waals surface area contributed by atoms with Gasteiger partial charge in [0.15, 0.2) is 0 Å². The van der Waals surface area contributed by atoms with Crippen LogP contribution in [-0.4, -0.2) is 31.7 Å². The third kappa shape index (κ3) is 5.29. The van der Waals surface area contributed by atoms with E-state index in [9.17, 15) is 4.79 Å². The number of amides is 1. The highest BCUT2D eigenvalue weighted by Crippen LogP contribution is 1.97. The summed E-state index contributed by atoms with van der Waals surface area (Å²) in [6.07, 6.45) is 0. The van der Waals surface area contributed by atoms with Gasteiger partial charge < -0.3 is 15.4 Å². The summed E-state index contributed by atoms with van der Waals surface area (Å²) in [6.45, 7) is 5.00. The fourth-order valence-corrected chi connectivity index (χ4v) is 1.74. The van der Waals surface area contributed by atoms with Crippen LogP contribution in [0.5, 0.6) is 0 Å². The molecule has 1 aromatic carbocycles. The van der Waals surface area contributed by atoms with Gasteiger partial charge in [0.05, 0.1) is 12.6 Å². The standard InChI is InChI=1S/C14H22N2O2/c1-11(10-18-3)16-12(2)14(17)15-9-13-7-5-4-6-8-13/h4-8,11-12,16H,9-10H2,1-3H3,(H,15,17). The van der Waals surface area contributed by atoms with Crippen LogP contribution in [0.4, 0.5) is 0 Å². The minimum absolute atomic E-state index is 0.00167. The van der Waals surface area contributed by atoms with E-state index in [0.717, 1.165) is 5.56 Å². The molecule has 4 heteroatoms. The second kappa shape index (κ2) is 7.84. The van der Waals surface area contributed by atoms with Crippen LogP contribution in [-0.2, 0) is 16.1 Å². The largest absolute Gasteiger partial charge is 0.383 e. The first-order chi connectivity index (χ1) is 8.63. The van der Waals surface area contributed by atoms with Crippen molar-refractivity contribution in [2.45, 2.75) is 32.5 Å². The first-order valence-corrected chi connectivity index (χ1v) is 6.20. The SMILES string of the molecule is COCC(C)NC(C)C(=O)NCc1ccccc1. The highest BCUT2D eigenvalue weighted by Gasteiger charge is 2.14. The monoisotopic (exact) mass is 250 g/mol. The topological polar surface area (TPSA) is 50.4 Å². The normalized spacial score (nSPS) is 13.9. The molecule has 0 heterocycles. The van der Waals surface area contributed by atoms with Crippen LogP contribution in [0.2, 0.25) is 0 Å². The van der Waals surface area contributed by atoms with E-state index in [4.69, 9.17) is 4.74 Å². The average molecular weight is 250 g/mol. The Bertz CT molecular complexity index is 354. The number of ether oxygens (including phenoxy) is 1. The van der Waals surface area contributed by atoms with E-state index in [2.05, 4.69) is 10.6 Å². The molecule has 0 aromatic heterocycles. The first kappa shape index (κ1) is 14.7. The van der Waals surface area contributed by atoms with Gasteiger partial charge in [-0.1, -0.05) is 30.3 Å². The lowest BCUT2D eigenvalue weighted by molar-refractivity contribution is -0.123. The molecule has 0 saturated carbocycles. The summed E-state index contributed by atoms with van der Waals surface area (Å²) in [7, 11) is 1.65. The van der Waals surface area contributed by atoms with E-state index in [1.54, 1.807) is 7.11 Å². The summed E-state index contributed by atoms with van der Waals surface area (Å²) in [4.78, 5) is 11.8. The second-order valence-electron chi connectivity index (χ2n) is 4.45. The lowest BCUT2D eigenvalue weighted by Gasteiger charge is -2.19. The predicted octanol–water partition coefficient (Wildman–Crippen LogP) is 1.32. The Balaban J connectivity index is 2.32. The fourth-order valence-electron chi connectivity index (χ4n) is 1.74. The van der Waals surface area contributed by atoms with Crippen LogP contribution in [0.25, 0.3) is 0 Å². The van der Waals surface area contributed by atoms with Crippen LogP contribution < -0.4 is 10.6 Å². The van der Waals surface area contributed by atoms with E-state index in [1.165, 1.54) is 0 Å². The Labute approximate surface area is 109 Å². The number of rotatable bonds is 7. The van der Waals surface area contributed by atoms with Gasteiger partial charge in [-0.2, -0.15) is 0 Å². The Hall–Kier alpha value is -1.39. The zero-order chi connectivity index (χ0) is 13.4. The minimum Gasteiger partial charge on any atom is -0.383 e. The minimum atomic E-state index is -0.223. The van der Waals surface area contributed by atoms with E-state index < -0.39 is 0 Å². The third-order valence-corrected chi connectivity index (χ3v) is 2.65. The molecule has 0 saturated heterocycles. The first-order valence-electron chi connectivity index (χ1n) is 6.20. The molecule has 100 valence electrons. The van der Waals surface area contributed by atoms with Gasteiger partial charge in [0.1, 0.15) is 0 Å². The third-order valence-electron chi connectivity index (χ3n) is 2.65. The number of hydrogen-bond donors (Lipinski definition) is 2. The summed E-state index contributed by atoms with van der Waals surface area (Å²) in [5.41, 5.74) is 1.10. The number of carbonyl (C=O) groups is 1. The van der Waals surface area contributed by atoms with Crippen molar-refractivity contribution in [3.05, 3.63) is 35.9 Å². The molecule has 0 aliphatic carbocycles. The lowest BCUT2D eigenvalue weighted by atomic mass is 10.2. The summed E-state index contributed by atoms with van der Waals surface area (Å²) >= 11 is 0. The molecule has 0 radical (unpaired) electrons. The molecule has 2 N–H and O–H groups in total. The maximum atomic E-state index is 11.8. The molecule has 1 rings (SSSR count). The van der Waals surface area contributed by atoms with Crippen molar-refractivity contribution >= 4 is 5.91 Å². The van der Waals surface area contributed by atoms with Crippen molar-refractivity contribution < 1.29 is 9.53 Å². The zero-order valence-electron chi connectivity index (χ0n) is 11.3. The predicted molar refractivity (Wildman–Crippen MR) is 72.2 cm³/mol. The summed E-state index contributed by atoms with van der Waals surface area (Å²) in [6, 6.07) is 9.80. The van der Waals surface area contributed by atoms with E-state index in [0.29, 0.717) is 13.2 Å². The molecule has 18 heavy (non-hydrogen) atoms. The maximum Gasteiger partial charge on any atom is 0.237 e. The quantitative estimate of drug-likeness (QED) is 0.767. The van der Waals surface area contributed by atoms with Crippen LogP contribution in [0, 0.1) is 0 Å². The number of methoxy groups -OCH3 is 1. The van der Waals surface area contributed by atoms with E-state index >= 15 is 0 Å². The lowest BCUT2D eigenvalue weighted by Crippen LogP contribution is -2.46. The molecule has 0 aliphatic heterocycles. The van der Waals surface area contributed by atoms with Gasteiger partial charge in [0.25, 0.3) is 0 Å². The summed E-state index contributed by atoms with van der Waals surface area (Å²) in [5, 5.41) is 6.08. The van der Waals surface area contributed by atoms with Crippen molar-refractivity contribution in [2.75, 3.05) is 13.7 Å². The van der Waals surface area contributed by atoms with Crippen molar-refractivity contribution in [1.29, 1.82) is 0 Å². The van der Waals surface area contributed by atoms with Crippen molar-refractivity contribution in [1.82, 2.24) is 10.6 Å². The highest BCUT2D eigenvalue weighted by atomic mass is 16.5. The molecule has 1 aromatic rings. The van der Waals surface area contributed by atoms with Gasteiger partial charge >= 0.3 is 0 Å². The number of carbonyl (C=O) groups excluding carboxylic acids is 1. The zero-order valence-corrected chi connectivity index (χ0v) is 11.3. The van der Waals surface area contributed by atoms with Crippen LogP contribution in [0.3, 0.4) is 0 Å². The molecule has 0 aliphatic rings. The van der Waals surface area contributed by atoms with Gasteiger partial charge in [-0.25, -0.2) is 0 Å². The second-order valence-corrected chi connectivity index (χ2v) is 4.45. The van der Waals surface area contributed by atoms with Gasteiger partial charge in [-0.15, -0.1) is 0 Å². The molecular weight excluding hydrogens is 228 g/mol. The van der Waals surface area contributed by atoms with Gasteiger partial charge in [0.2, 0.25) is 5.91 Å². The molecule has 0 fully saturated rings. The summed E-state index contributed by atoms with van der Waals surface area (Å²) in [5.74, 6) is 0.00167. The number of benzene rings is 1. The molecule has 2 unspecified atom stereocenters. The molecule has 1 amide bonds. The highest BCUT2D eigenvalue weighted by molar-refractivity contribution is 5.81. The number of hydrogen-bond acceptors (Lipinski definition) is 3. The Morgan fingerprint density at radius 1 is 1.28 bits per heavy atom. The average Bonchev–Trinajstić information content (AvgIpc) is 2.37. The molecule has 0 bridgehead atoms. The Morgan fingerprint density at radius 3 is 2.56 bits per heavy atom. The fraction of sp³-hybridized carbons (Fsp3) is 0.500. The molecular formula is C14H22N2O2. The van der Waals surface area contributed by atoms with Crippen LogP contribution in [0.1, 0.15) is 19.4 Å². The number of nitrogens with one attached hydrogen (secondary N) is 2. The maximum absolute atomic E-state index is 11.8. The summed E-state index contributed by atoms with van der Waals surface area (Å²) < 4.78 is 5.02. The van der Waals surface area contributed by atoms with Crippen molar-refractivity contribution in [3.63, 3.8) is 0 Å². The van der Waals surface area contributed by atoms with Crippen LogP contribution >= 0.6 is 0 Å². The molecule has 2 atom stereocenters. The van der Waals surface area contributed by atoms with Gasteiger partial charge in [0, 0.05) is 19.7 Å². The van der Waals surface area contributed by atoms with E-state index in [1.807, 2.05) is 44.2 Å². The van der Waals surface area contributed by atoms with Gasteiger partial charge in [-0.3, -0.25) is 4.79 Å². The Morgan fingerprint density at radius 2 is 1.94 bits per heavy atom. The van der Waals surface area contributed by atoms with Gasteiger partial charge in [-0.05, 0) is 19.4 Å². The smallest absolute Gasteiger partial charge is 0.237 e. The molecule has 4 nitrogen and oxygen atoms in total. The van der Waals surface area contributed by atoms with Crippen molar-refractivity contribution in [2.24, 2.45) is 0 Å². The van der Waals surface area contributed by atoms with Crippen molar-refractivity contribution in [3.8, 4) is 0 Å². The van der Waals surface area contributed by atoms with E-state index in [-0.39, 0.29) is 18.0 Å².